The van der Waals surface area contributed by atoms with Crippen molar-refractivity contribution in [1.82, 2.24) is 10.2 Å². The summed E-state index contributed by atoms with van der Waals surface area (Å²) in [7, 11) is 0. The number of nitrogens with zero attached hydrogens (tertiary/aromatic N) is 2. The molecular weight excluding hydrogens is 358 g/mol. The Labute approximate surface area is 152 Å². The lowest BCUT2D eigenvalue weighted by Crippen LogP contribution is -2.00. The van der Waals surface area contributed by atoms with Gasteiger partial charge in [0, 0.05) is 29.3 Å². The zero-order valence-corrected chi connectivity index (χ0v) is 15.2. The minimum atomic E-state index is -0.417. The van der Waals surface area contributed by atoms with Crippen molar-refractivity contribution < 1.29 is 9.52 Å². The fourth-order valence-electron chi connectivity index (χ4n) is 2.58. The molecule has 8 heteroatoms. The van der Waals surface area contributed by atoms with Crippen LogP contribution in [0.3, 0.4) is 0 Å². The first-order valence-corrected chi connectivity index (χ1v) is 9.94. The average molecular weight is 375 g/mol. The molecule has 0 unspecified atom stereocenters. The van der Waals surface area contributed by atoms with E-state index in [2.05, 4.69) is 15.5 Å². The summed E-state index contributed by atoms with van der Waals surface area (Å²) in [4.78, 5) is 11.8. The summed E-state index contributed by atoms with van der Waals surface area (Å²) in [6.07, 6.45) is 3.10. The van der Waals surface area contributed by atoms with Gasteiger partial charge in [-0.05, 0) is 36.5 Å². The molecule has 1 saturated carbocycles. The highest BCUT2D eigenvalue weighted by Gasteiger charge is 2.22. The number of aryl methyl sites for hydroxylation is 1. The van der Waals surface area contributed by atoms with E-state index in [9.17, 15) is 9.90 Å². The maximum Gasteiger partial charge on any atom is 0.336 e. The van der Waals surface area contributed by atoms with E-state index in [1.807, 2.05) is 13.0 Å². The van der Waals surface area contributed by atoms with Crippen molar-refractivity contribution >= 4 is 39.2 Å². The van der Waals surface area contributed by atoms with Crippen molar-refractivity contribution in [1.29, 1.82) is 0 Å². The fraction of sp³-hybridized carbons (Fsp3) is 0.353. The number of anilines is 1. The van der Waals surface area contributed by atoms with E-state index in [1.54, 1.807) is 11.8 Å². The molecule has 0 aliphatic heterocycles. The number of hydrogen-bond acceptors (Lipinski definition) is 8. The van der Waals surface area contributed by atoms with E-state index >= 15 is 0 Å². The quantitative estimate of drug-likeness (QED) is 0.501. The third-order valence-corrected chi connectivity index (χ3v) is 6.11. The number of aromatic hydroxyl groups is 1. The van der Waals surface area contributed by atoms with Gasteiger partial charge in [-0.3, -0.25) is 0 Å². The van der Waals surface area contributed by atoms with Crippen LogP contribution in [0.5, 0.6) is 5.75 Å². The summed E-state index contributed by atoms with van der Waals surface area (Å²) < 4.78 is 6.09. The number of aromatic nitrogens is 2. The average Bonchev–Trinajstić information content (AvgIpc) is 3.28. The van der Waals surface area contributed by atoms with E-state index in [0.29, 0.717) is 23.8 Å². The number of nitrogens with one attached hydrogen (secondary N) is 1. The molecule has 0 bridgehead atoms. The van der Waals surface area contributed by atoms with Crippen LogP contribution in [0.2, 0.25) is 0 Å². The molecule has 2 N–H and O–H groups in total. The zero-order chi connectivity index (χ0) is 17.4. The van der Waals surface area contributed by atoms with Gasteiger partial charge in [-0.15, -0.1) is 10.2 Å². The standard InChI is InChI=1S/C17H17N3O3S2/c1-2-9-5-12-10(6-15(22)23-14(12)7-13(9)21)8-24-17-20-19-16(25-17)18-11-3-4-11/h5-7,11,21H,2-4,8H2,1H3,(H,18,19). The molecule has 0 spiro atoms. The second-order valence-corrected chi connectivity index (χ2v) is 8.20. The van der Waals surface area contributed by atoms with Crippen molar-refractivity contribution in [3.8, 4) is 5.75 Å². The molecule has 3 aromatic rings. The van der Waals surface area contributed by atoms with Gasteiger partial charge in [0.05, 0.1) is 0 Å². The summed E-state index contributed by atoms with van der Waals surface area (Å²) in [5.74, 6) is 0.747. The molecule has 2 heterocycles. The molecule has 4 rings (SSSR count). The van der Waals surface area contributed by atoms with Crippen LogP contribution in [0.25, 0.3) is 11.0 Å². The van der Waals surface area contributed by atoms with Crippen molar-refractivity contribution in [3.63, 3.8) is 0 Å². The Balaban J connectivity index is 1.59. The second-order valence-electron chi connectivity index (χ2n) is 6.00. The van der Waals surface area contributed by atoms with Gasteiger partial charge in [0.1, 0.15) is 11.3 Å². The highest BCUT2D eigenvalue weighted by atomic mass is 32.2. The minimum Gasteiger partial charge on any atom is -0.508 e. The number of rotatable bonds is 6. The lowest BCUT2D eigenvalue weighted by molar-refractivity contribution is 0.466. The molecule has 0 saturated heterocycles. The highest BCUT2D eigenvalue weighted by molar-refractivity contribution is 8.00. The van der Waals surface area contributed by atoms with Crippen molar-refractivity contribution in [3.05, 3.63) is 39.7 Å². The molecular formula is C17H17N3O3S2. The van der Waals surface area contributed by atoms with Crippen molar-refractivity contribution in [2.24, 2.45) is 0 Å². The molecule has 130 valence electrons. The fourth-order valence-corrected chi connectivity index (χ4v) is 4.40. The van der Waals surface area contributed by atoms with Crippen LogP contribution in [0.1, 0.15) is 30.9 Å². The minimum absolute atomic E-state index is 0.155. The Morgan fingerprint density at radius 3 is 2.92 bits per heavy atom. The van der Waals surface area contributed by atoms with Gasteiger partial charge >= 0.3 is 5.63 Å². The summed E-state index contributed by atoms with van der Waals surface area (Å²) >= 11 is 3.07. The number of hydrogen-bond donors (Lipinski definition) is 2. The Morgan fingerprint density at radius 2 is 2.16 bits per heavy atom. The maximum absolute atomic E-state index is 11.8. The van der Waals surface area contributed by atoms with Crippen LogP contribution in [0.15, 0.2) is 31.8 Å². The first kappa shape index (κ1) is 16.4. The Kier molecular flexibility index (Phi) is 4.39. The predicted octanol–water partition coefficient (Wildman–Crippen LogP) is 3.78. The molecule has 1 fully saturated rings. The number of phenolic OH excluding ortho intramolecular Hbond substituents is 1. The van der Waals surface area contributed by atoms with E-state index in [0.717, 1.165) is 26.0 Å². The second kappa shape index (κ2) is 6.68. The molecule has 0 radical (unpaired) electrons. The maximum atomic E-state index is 11.8. The van der Waals surface area contributed by atoms with Gasteiger partial charge < -0.3 is 14.8 Å². The van der Waals surface area contributed by atoms with Gasteiger partial charge in [0.25, 0.3) is 0 Å². The first-order chi connectivity index (χ1) is 12.1. The molecule has 0 amide bonds. The molecule has 6 nitrogen and oxygen atoms in total. The summed E-state index contributed by atoms with van der Waals surface area (Å²) in [5, 5.41) is 23.4. The van der Waals surface area contributed by atoms with Crippen LogP contribution in [0.4, 0.5) is 5.13 Å². The first-order valence-electron chi connectivity index (χ1n) is 8.14. The molecule has 1 aromatic carbocycles. The van der Waals surface area contributed by atoms with Crippen LogP contribution in [-0.2, 0) is 12.2 Å². The third-order valence-electron chi connectivity index (χ3n) is 4.07. The van der Waals surface area contributed by atoms with E-state index in [4.69, 9.17) is 4.42 Å². The summed E-state index contributed by atoms with van der Waals surface area (Å²) in [5.41, 5.74) is 1.70. The number of phenols is 1. The Hall–Kier alpha value is -2.06. The molecule has 0 atom stereocenters. The lowest BCUT2D eigenvalue weighted by atomic mass is 10.1. The molecule has 2 aromatic heterocycles. The van der Waals surface area contributed by atoms with E-state index in [-0.39, 0.29) is 5.75 Å². The largest absolute Gasteiger partial charge is 0.508 e. The number of thioether (sulfide) groups is 1. The molecule has 25 heavy (non-hydrogen) atoms. The third kappa shape index (κ3) is 3.64. The highest BCUT2D eigenvalue weighted by Crippen LogP contribution is 2.34. The SMILES string of the molecule is CCc1cc2c(CSc3nnc(NC4CC4)s3)cc(=O)oc2cc1O. The monoisotopic (exact) mass is 375 g/mol. The van der Waals surface area contributed by atoms with E-state index < -0.39 is 5.63 Å². The molecule has 1 aliphatic rings. The lowest BCUT2D eigenvalue weighted by Gasteiger charge is -2.07. The smallest absolute Gasteiger partial charge is 0.336 e. The van der Waals surface area contributed by atoms with Gasteiger partial charge in [0.15, 0.2) is 4.34 Å². The Bertz CT molecular complexity index is 979. The normalized spacial score (nSPS) is 14.1. The number of fused-ring (bicyclic) bond motifs is 1. The van der Waals surface area contributed by atoms with Crippen LogP contribution >= 0.6 is 23.1 Å². The van der Waals surface area contributed by atoms with Gasteiger partial charge in [-0.2, -0.15) is 0 Å². The van der Waals surface area contributed by atoms with Crippen LogP contribution < -0.4 is 10.9 Å². The molecule has 1 aliphatic carbocycles. The van der Waals surface area contributed by atoms with Gasteiger partial charge in [0.2, 0.25) is 5.13 Å². The summed E-state index contributed by atoms with van der Waals surface area (Å²) in [6, 6.07) is 5.47. The van der Waals surface area contributed by atoms with Crippen LogP contribution in [-0.4, -0.2) is 21.3 Å². The van der Waals surface area contributed by atoms with Gasteiger partial charge in [-0.1, -0.05) is 30.0 Å². The van der Waals surface area contributed by atoms with Gasteiger partial charge in [-0.25, -0.2) is 4.79 Å². The van der Waals surface area contributed by atoms with E-state index in [1.165, 1.54) is 36.3 Å². The topological polar surface area (TPSA) is 88.3 Å². The van der Waals surface area contributed by atoms with Crippen molar-refractivity contribution in [2.75, 3.05) is 5.32 Å². The summed E-state index contributed by atoms with van der Waals surface area (Å²) in [6.45, 7) is 1.98. The van der Waals surface area contributed by atoms with Crippen LogP contribution in [0, 0.1) is 0 Å². The van der Waals surface area contributed by atoms with Crippen molar-refractivity contribution in [2.45, 2.75) is 42.3 Å². The number of benzene rings is 1. The zero-order valence-electron chi connectivity index (χ0n) is 13.6. The predicted molar refractivity (Wildman–Crippen MR) is 99.6 cm³/mol. The Morgan fingerprint density at radius 1 is 1.32 bits per heavy atom.